The van der Waals surface area contributed by atoms with Crippen LogP contribution in [0.1, 0.15) is 25.3 Å². The Kier molecular flexibility index (Phi) is 3.21. The summed E-state index contributed by atoms with van der Waals surface area (Å²) in [6, 6.07) is 2.11. The van der Waals surface area contributed by atoms with E-state index in [1.807, 2.05) is 12.4 Å². The lowest BCUT2D eigenvalue weighted by Gasteiger charge is -2.30. The normalized spacial score (nSPS) is 19.3. The molecule has 0 saturated carbocycles. The summed E-state index contributed by atoms with van der Waals surface area (Å²) in [5.74, 6) is 0.670. The van der Waals surface area contributed by atoms with Gasteiger partial charge in [-0.3, -0.25) is 9.69 Å². The number of nitrogens with one attached hydrogen (secondary N) is 1. The number of carbonyl (C=O) groups excluding carboxylic acids is 1. The number of hydrogen-bond acceptors (Lipinski definition) is 2. The maximum Gasteiger partial charge on any atom is 0.133 e. The zero-order valence-corrected chi connectivity index (χ0v) is 9.20. The van der Waals surface area contributed by atoms with Crippen LogP contribution < -0.4 is 0 Å². The van der Waals surface area contributed by atoms with E-state index in [0.29, 0.717) is 11.7 Å². The maximum atomic E-state index is 11.2. The molecule has 82 valence electrons. The average molecular weight is 206 g/mol. The smallest absolute Gasteiger partial charge is 0.133 e. The molecule has 3 nitrogen and oxygen atoms in total. The molecule has 0 atom stereocenters. The molecule has 0 aliphatic carbocycles. The number of ketones is 1. The van der Waals surface area contributed by atoms with Crippen molar-refractivity contribution in [2.75, 3.05) is 13.1 Å². The molecular formula is C12H18N2O. The Hall–Kier alpha value is -1.09. The van der Waals surface area contributed by atoms with Crippen LogP contribution in [0, 0.1) is 5.92 Å². The Morgan fingerprint density at radius 1 is 1.53 bits per heavy atom. The van der Waals surface area contributed by atoms with E-state index in [1.54, 1.807) is 6.92 Å². The number of hydrogen-bond donors (Lipinski definition) is 1. The van der Waals surface area contributed by atoms with Crippen LogP contribution in [-0.4, -0.2) is 28.8 Å². The average Bonchev–Trinajstić information content (AvgIpc) is 2.71. The summed E-state index contributed by atoms with van der Waals surface area (Å²) in [7, 11) is 0. The van der Waals surface area contributed by atoms with Gasteiger partial charge in [0.05, 0.1) is 0 Å². The fraction of sp³-hybridized carbons (Fsp3) is 0.583. The van der Waals surface area contributed by atoms with Crippen molar-refractivity contribution in [3.05, 3.63) is 24.0 Å². The zero-order valence-electron chi connectivity index (χ0n) is 9.20. The fourth-order valence-electron chi connectivity index (χ4n) is 2.21. The van der Waals surface area contributed by atoms with Crippen molar-refractivity contribution in [1.82, 2.24) is 9.88 Å². The third-order valence-corrected chi connectivity index (χ3v) is 3.23. The molecular weight excluding hydrogens is 188 g/mol. The van der Waals surface area contributed by atoms with Gasteiger partial charge in [-0.1, -0.05) is 0 Å². The number of aromatic amines is 1. The molecule has 2 rings (SSSR count). The molecule has 1 aliphatic rings. The van der Waals surface area contributed by atoms with E-state index in [1.165, 1.54) is 5.56 Å². The molecule has 15 heavy (non-hydrogen) atoms. The van der Waals surface area contributed by atoms with Crippen LogP contribution in [0.2, 0.25) is 0 Å². The van der Waals surface area contributed by atoms with E-state index in [0.717, 1.165) is 32.5 Å². The van der Waals surface area contributed by atoms with Gasteiger partial charge in [0.2, 0.25) is 0 Å². The minimum Gasteiger partial charge on any atom is -0.367 e. The van der Waals surface area contributed by atoms with Crippen molar-refractivity contribution in [2.24, 2.45) is 5.92 Å². The van der Waals surface area contributed by atoms with Crippen LogP contribution in [0.15, 0.2) is 18.5 Å². The van der Waals surface area contributed by atoms with Crippen LogP contribution in [-0.2, 0) is 11.3 Å². The highest BCUT2D eigenvalue weighted by atomic mass is 16.1. The lowest BCUT2D eigenvalue weighted by atomic mass is 9.93. The number of rotatable bonds is 3. The third-order valence-electron chi connectivity index (χ3n) is 3.23. The lowest BCUT2D eigenvalue weighted by molar-refractivity contribution is -0.122. The second-order valence-electron chi connectivity index (χ2n) is 4.38. The summed E-state index contributed by atoms with van der Waals surface area (Å²) >= 11 is 0. The molecule has 3 heteroatoms. The molecule has 0 amide bonds. The van der Waals surface area contributed by atoms with Crippen LogP contribution in [0.25, 0.3) is 0 Å². The van der Waals surface area contributed by atoms with Gasteiger partial charge in [-0.25, -0.2) is 0 Å². The van der Waals surface area contributed by atoms with Gasteiger partial charge in [-0.15, -0.1) is 0 Å². The van der Waals surface area contributed by atoms with Crippen molar-refractivity contribution in [3.63, 3.8) is 0 Å². The second-order valence-corrected chi connectivity index (χ2v) is 4.38. The first kappa shape index (κ1) is 10.4. The van der Waals surface area contributed by atoms with Crippen molar-refractivity contribution in [3.8, 4) is 0 Å². The Balaban J connectivity index is 1.81. The highest BCUT2D eigenvalue weighted by Crippen LogP contribution is 2.19. The molecule has 0 spiro atoms. The summed E-state index contributed by atoms with van der Waals surface area (Å²) in [6.07, 6.45) is 6.05. The Labute approximate surface area is 90.5 Å². The van der Waals surface area contributed by atoms with Crippen molar-refractivity contribution >= 4 is 5.78 Å². The number of aromatic nitrogens is 1. The van der Waals surface area contributed by atoms with Crippen LogP contribution in [0.4, 0.5) is 0 Å². The van der Waals surface area contributed by atoms with Crippen molar-refractivity contribution in [2.45, 2.75) is 26.3 Å². The van der Waals surface area contributed by atoms with E-state index in [-0.39, 0.29) is 0 Å². The monoisotopic (exact) mass is 206 g/mol. The third kappa shape index (κ3) is 2.69. The zero-order chi connectivity index (χ0) is 10.7. The van der Waals surface area contributed by atoms with Crippen LogP contribution in [0.5, 0.6) is 0 Å². The Morgan fingerprint density at radius 3 is 2.80 bits per heavy atom. The molecule has 1 aliphatic heterocycles. The SMILES string of the molecule is CC(=O)C1CCN(Cc2cc[nH]c2)CC1. The molecule has 0 radical (unpaired) electrons. The van der Waals surface area contributed by atoms with Gasteiger partial charge >= 0.3 is 0 Å². The predicted octanol–water partition coefficient (Wildman–Crippen LogP) is 1.82. The van der Waals surface area contributed by atoms with Crippen molar-refractivity contribution < 1.29 is 4.79 Å². The van der Waals surface area contributed by atoms with E-state index in [4.69, 9.17) is 0 Å². The van der Waals surface area contributed by atoms with Gasteiger partial charge in [0.1, 0.15) is 5.78 Å². The number of nitrogens with zero attached hydrogens (tertiary/aromatic N) is 1. The first-order valence-electron chi connectivity index (χ1n) is 5.60. The summed E-state index contributed by atoms with van der Waals surface area (Å²) in [4.78, 5) is 16.7. The molecule has 2 heterocycles. The Morgan fingerprint density at radius 2 is 2.27 bits per heavy atom. The first-order valence-corrected chi connectivity index (χ1v) is 5.60. The quantitative estimate of drug-likeness (QED) is 0.818. The topological polar surface area (TPSA) is 36.1 Å². The van der Waals surface area contributed by atoms with Gasteiger partial charge in [-0.05, 0) is 44.5 Å². The Bertz CT molecular complexity index is 310. The summed E-state index contributed by atoms with van der Waals surface area (Å²) in [5, 5.41) is 0. The molecule has 0 bridgehead atoms. The molecule has 1 N–H and O–H groups in total. The minimum atomic E-state index is 0.312. The van der Waals surface area contributed by atoms with E-state index in [2.05, 4.69) is 16.0 Å². The van der Waals surface area contributed by atoms with E-state index in [9.17, 15) is 4.79 Å². The number of carbonyl (C=O) groups is 1. The van der Waals surface area contributed by atoms with Gasteiger partial charge in [-0.2, -0.15) is 0 Å². The summed E-state index contributed by atoms with van der Waals surface area (Å²) < 4.78 is 0. The summed E-state index contributed by atoms with van der Waals surface area (Å²) in [5.41, 5.74) is 1.33. The van der Waals surface area contributed by atoms with Gasteiger partial charge in [0.25, 0.3) is 0 Å². The standard InChI is InChI=1S/C12H18N2O/c1-10(15)12-3-6-14(7-4-12)9-11-2-5-13-8-11/h2,5,8,12-13H,3-4,6-7,9H2,1H3. The number of Topliss-reactive ketones (excluding diaryl/α,β-unsaturated/α-hetero) is 1. The first-order chi connectivity index (χ1) is 7.25. The largest absolute Gasteiger partial charge is 0.367 e. The highest BCUT2D eigenvalue weighted by molar-refractivity contribution is 5.78. The molecule has 0 aromatic carbocycles. The van der Waals surface area contributed by atoms with E-state index >= 15 is 0 Å². The molecule has 1 aromatic rings. The maximum absolute atomic E-state index is 11.2. The number of H-pyrrole nitrogens is 1. The molecule has 1 fully saturated rings. The predicted molar refractivity (Wildman–Crippen MR) is 59.5 cm³/mol. The van der Waals surface area contributed by atoms with Gasteiger partial charge in [0.15, 0.2) is 0 Å². The van der Waals surface area contributed by atoms with E-state index < -0.39 is 0 Å². The highest BCUT2D eigenvalue weighted by Gasteiger charge is 2.21. The minimum absolute atomic E-state index is 0.312. The van der Waals surface area contributed by atoms with Gasteiger partial charge in [0, 0.05) is 24.9 Å². The number of piperidine rings is 1. The fourth-order valence-corrected chi connectivity index (χ4v) is 2.21. The van der Waals surface area contributed by atoms with Gasteiger partial charge < -0.3 is 4.98 Å². The van der Waals surface area contributed by atoms with Crippen molar-refractivity contribution in [1.29, 1.82) is 0 Å². The molecule has 1 aromatic heterocycles. The second kappa shape index (κ2) is 4.62. The van der Waals surface area contributed by atoms with Crippen LogP contribution >= 0.6 is 0 Å². The molecule has 1 saturated heterocycles. The lowest BCUT2D eigenvalue weighted by Crippen LogP contribution is -2.35. The number of likely N-dealkylation sites (tertiary alicyclic amines) is 1. The summed E-state index contributed by atoms with van der Waals surface area (Å²) in [6.45, 7) is 4.82. The molecule has 0 unspecified atom stereocenters. The van der Waals surface area contributed by atoms with Crippen LogP contribution in [0.3, 0.4) is 0 Å².